The van der Waals surface area contributed by atoms with Gasteiger partial charge in [0.1, 0.15) is 0 Å². The average Bonchev–Trinajstić information content (AvgIpc) is 3.27. The van der Waals surface area contributed by atoms with Crippen LogP contribution in [-0.2, 0) is 18.6 Å². The van der Waals surface area contributed by atoms with Gasteiger partial charge in [0.05, 0.1) is 17.1 Å². The Bertz CT molecular complexity index is 1080. The van der Waals surface area contributed by atoms with Crippen molar-refractivity contribution < 1.29 is 0 Å². The number of rotatable bonds is 8. The standard InChI is InChI=1S/C26H34N4OS/c1-4-22-24(14-18-8-6-5-7-9-18)27-26(28-25(22)31)32-16-21-15-23(30-29-21)20-12-10-19(11-13-20)17(2)3/h10-13,15,17-18H,4-9,14,16H2,1-3H3,(H,29,30)(H,27,28,31). The van der Waals surface area contributed by atoms with Crippen LogP contribution in [0.4, 0.5) is 0 Å². The van der Waals surface area contributed by atoms with Crippen molar-refractivity contribution in [1.29, 1.82) is 0 Å². The van der Waals surface area contributed by atoms with E-state index in [9.17, 15) is 4.79 Å². The molecule has 3 aromatic rings. The Morgan fingerprint density at radius 3 is 2.56 bits per heavy atom. The molecule has 1 aliphatic rings. The molecular formula is C26H34N4OS. The van der Waals surface area contributed by atoms with E-state index in [0.717, 1.165) is 41.1 Å². The van der Waals surface area contributed by atoms with Crippen molar-refractivity contribution in [2.24, 2.45) is 5.92 Å². The minimum atomic E-state index is 0.0174. The number of hydrogen-bond donors (Lipinski definition) is 2. The van der Waals surface area contributed by atoms with Gasteiger partial charge >= 0.3 is 0 Å². The first kappa shape index (κ1) is 22.8. The van der Waals surface area contributed by atoms with E-state index in [4.69, 9.17) is 4.98 Å². The van der Waals surface area contributed by atoms with Crippen LogP contribution in [0.3, 0.4) is 0 Å². The van der Waals surface area contributed by atoms with Crippen molar-refractivity contribution in [2.75, 3.05) is 0 Å². The number of nitrogens with zero attached hydrogens (tertiary/aromatic N) is 2. The summed E-state index contributed by atoms with van der Waals surface area (Å²) in [6.45, 7) is 6.45. The maximum atomic E-state index is 12.7. The first-order valence-electron chi connectivity index (χ1n) is 11.9. The van der Waals surface area contributed by atoms with Crippen LogP contribution in [0, 0.1) is 5.92 Å². The van der Waals surface area contributed by atoms with E-state index >= 15 is 0 Å². The molecule has 2 aromatic heterocycles. The summed E-state index contributed by atoms with van der Waals surface area (Å²) in [4.78, 5) is 20.5. The first-order chi connectivity index (χ1) is 15.5. The van der Waals surface area contributed by atoms with Gasteiger partial charge in [-0.2, -0.15) is 5.10 Å². The lowest BCUT2D eigenvalue weighted by atomic mass is 9.85. The van der Waals surface area contributed by atoms with Crippen LogP contribution >= 0.6 is 11.8 Å². The van der Waals surface area contributed by atoms with Gasteiger partial charge in [-0.15, -0.1) is 0 Å². The quantitative estimate of drug-likeness (QED) is 0.314. The lowest BCUT2D eigenvalue weighted by Gasteiger charge is -2.22. The molecule has 170 valence electrons. The van der Waals surface area contributed by atoms with E-state index in [1.807, 2.05) is 6.92 Å². The Morgan fingerprint density at radius 2 is 1.88 bits per heavy atom. The number of thioether (sulfide) groups is 1. The summed E-state index contributed by atoms with van der Waals surface area (Å²) in [7, 11) is 0. The molecule has 1 aliphatic carbocycles. The zero-order valence-electron chi connectivity index (χ0n) is 19.4. The number of H-pyrrole nitrogens is 2. The first-order valence-corrected chi connectivity index (χ1v) is 12.9. The van der Waals surface area contributed by atoms with Gasteiger partial charge in [-0.1, -0.05) is 88.9 Å². The number of aromatic amines is 2. The van der Waals surface area contributed by atoms with Crippen LogP contribution in [0.5, 0.6) is 0 Å². The van der Waals surface area contributed by atoms with Gasteiger partial charge in [0, 0.05) is 11.3 Å². The third kappa shape index (κ3) is 5.52. The summed E-state index contributed by atoms with van der Waals surface area (Å²) < 4.78 is 0. The van der Waals surface area contributed by atoms with Gasteiger partial charge in [-0.3, -0.25) is 9.89 Å². The SMILES string of the molecule is CCc1c(CC2CCCCC2)nc(SCc2cc(-c3ccc(C(C)C)cc3)[nH]n2)[nH]c1=O. The largest absolute Gasteiger partial charge is 0.301 e. The van der Waals surface area contributed by atoms with E-state index in [2.05, 4.69) is 59.4 Å². The lowest BCUT2D eigenvalue weighted by molar-refractivity contribution is 0.352. The Morgan fingerprint density at radius 1 is 1.12 bits per heavy atom. The smallest absolute Gasteiger partial charge is 0.254 e. The fourth-order valence-electron chi connectivity index (χ4n) is 4.56. The average molecular weight is 451 g/mol. The van der Waals surface area contributed by atoms with E-state index in [1.165, 1.54) is 37.7 Å². The molecule has 0 bridgehead atoms. The van der Waals surface area contributed by atoms with Crippen LogP contribution < -0.4 is 5.56 Å². The van der Waals surface area contributed by atoms with Crippen molar-refractivity contribution in [3.63, 3.8) is 0 Å². The van der Waals surface area contributed by atoms with Gasteiger partial charge in [0.15, 0.2) is 5.16 Å². The van der Waals surface area contributed by atoms with Gasteiger partial charge < -0.3 is 4.98 Å². The summed E-state index contributed by atoms with van der Waals surface area (Å²) >= 11 is 1.55. The van der Waals surface area contributed by atoms with E-state index in [-0.39, 0.29) is 5.56 Å². The highest BCUT2D eigenvalue weighted by molar-refractivity contribution is 7.98. The molecule has 2 N–H and O–H groups in total. The maximum Gasteiger partial charge on any atom is 0.254 e. The molecule has 0 amide bonds. The normalized spacial score (nSPS) is 14.9. The van der Waals surface area contributed by atoms with Crippen molar-refractivity contribution in [2.45, 2.75) is 82.5 Å². The molecule has 6 heteroatoms. The fraction of sp³-hybridized carbons (Fsp3) is 0.500. The van der Waals surface area contributed by atoms with Gasteiger partial charge in [-0.25, -0.2) is 4.98 Å². The predicted molar refractivity (Wildman–Crippen MR) is 132 cm³/mol. The highest BCUT2D eigenvalue weighted by atomic mass is 32.2. The molecule has 0 atom stereocenters. The molecule has 0 saturated heterocycles. The summed E-state index contributed by atoms with van der Waals surface area (Å²) in [6, 6.07) is 10.7. The van der Waals surface area contributed by atoms with Crippen molar-refractivity contribution in [3.05, 3.63) is 63.2 Å². The third-order valence-corrected chi connectivity index (χ3v) is 7.42. The Hall–Kier alpha value is -2.34. The second kappa shape index (κ2) is 10.5. The fourth-order valence-corrected chi connectivity index (χ4v) is 5.34. The maximum absolute atomic E-state index is 12.7. The topological polar surface area (TPSA) is 74.4 Å². The molecule has 1 fully saturated rings. The summed E-state index contributed by atoms with van der Waals surface area (Å²) in [5.74, 6) is 1.85. The monoisotopic (exact) mass is 450 g/mol. The van der Waals surface area contributed by atoms with Crippen molar-refractivity contribution in [1.82, 2.24) is 20.2 Å². The van der Waals surface area contributed by atoms with Gasteiger partial charge in [0.25, 0.3) is 5.56 Å². The Labute approximate surface area is 194 Å². The molecule has 0 radical (unpaired) electrons. The minimum Gasteiger partial charge on any atom is -0.301 e. The van der Waals surface area contributed by atoms with Crippen LogP contribution in [0.25, 0.3) is 11.3 Å². The molecule has 1 saturated carbocycles. The van der Waals surface area contributed by atoms with Crippen LogP contribution in [0.15, 0.2) is 40.3 Å². The molecule has 5 nitrogen and oxygen atoms in total. The highest BCUT2D eigenvalue weighted by Gasteiger charge is 2.19. The number of nitrogens with one attached hydrogen (secondary N) is 2. The Kier molecular flexibility index (Phi) is 7.51. The molecule has 0 unspecified atom stereocenters. The van der Waals surface area contributed by atoms with Crippen molar-refractivity contribution in [3.8, 4) is 11.3 Å². The third-order valence-electron chi connectivity index (χ3n) is 6.52. The van der Waals surface area contributed by atoms with Crippen LogP contribution in [0.1, 0.15) is 81.3 Å². The second-order valence-electron chi connectivity index (χ2n) is 9.20. The van der Waals surface area contributed by atoms with Gasteiger partial charge in [0.2, 0.25) is 0 Å². The lowest BCUT2D eigenvalue weighted by Crippen LogP contribution is -2.21. The summed E-state index contributed by atoms with van der Waals surface area (Å²) in [6.07, 6.45) is 8.13. The molecule has 0 aliphatic heterocycles. The molecule has 2 heterocycles. The zero-order chi connectivity index (χ0) is 22.5. The zero-order valence-corrected chi connectivity index (χ0v) is 20.2. The second-order valence-corrected chi connectivity index (χ2v) is 10.2. The van der Waals surface area contributed by atoms with Crippen molar-refractivity contribution >= 4 is 11.8 Å². The molecule has 32 heavy (non-hydrogen) atoms. The molecule has 1 aromatic carbocycles. The number of aromatic nitrogens is 4. The van der Waals surface area contributed by atoms with E-state index in [1.54, 1.807) is 11.8 Å². The number of benzene rings is 1. The highest BCUT2D eigenvalue weighted by Crippen LogP contribution is 2.28. The molecule has 0 spiro atoms. The summed E-state index contributed by atoms with van der Waals surface area (Å²) in [5, 5.41) is 8.32. The predicted octanol–water partition coefficient (Wildman–Crippen LogP) is 6.26. The molecule has 4 rings (SSSR count). The Balaban J connectivity index is 1.45. The number of hydrogen-bond acceptors (Lipinski definition) is 4. The van der Waals surface area contributed by atoms with E-state index in [0.29, 0.717) is 22.7 Å². The van der Waals surface area contributed by atoms with Crippen LogP contribution in [-0.4, -0.2) is 20.2 Å². The minimum absolute atomic E-state index is 0.0174. The van der Waals surface area contributed by atoms with Gasteiger partial charge in [-0.05, 0) is 41.9 Å². The van der Waals surface area contributed by atoms with Crippen LogP contribution in [0.2, 0.25) is 0 Å². The summed E-state index contributed by atoms with van der Waals surface area (Å²) in [5.41, 5.74) is 6.30. The molecular weight excluding hydrogens is 416 g/mol. The van der Waals surface area contributed by atoms with E-state index < -0.39 is 0 Å².